The molecule has 0 atom stereocenters. The zero-order chi connectivity index (χ0) is 23.7. The first-order chi connectivity index (χ1) is 16.5. The van der Waals surface area contributed by atoms with E-state index < -0.39 is 0 Å². The fourth-order valence-corrected chi connectivity index (χ4v) is 4.31. The smallest absolute Gasteiger partial charge is 0.255 e. The number of likely N-dealkylation sites (N-methyl/N-ethyl adjacent to an activating group) is 1. The van der Waals surface area contributed by atoms with E-state index in [2.05, 4.69) is 38.2 Å². The number of piperazine rings is 1. The fourth-order valence-electron chi connectivity index (χ4n) is 4.31. The Balaban J connectivity index is 1.43. The topological polar surface area (TPSA) is 91.1 Å². The molecular formula is C24H30N8O2. The van der Waals surface area contributed by atoms with Crippen LogP contribution < -0.4 is 10.2 Å². The Labute approximate surface area is 198 Å². The summed E-state index contributed by atoms with van der Waals surface area (Å²) in [5, 5.41) is 7.92. The van der Waals surface area contributed by atoms with Crippen molar-refractivity contribution in [3.63, 3.8) is 0 Å². The van der Waals surface area contributed by atoms with Crippen LogP contribution in [0.25, 0.3) is 11.1 Å². The quantitative estimate of drug-likeness (QED) is 0.617. The van der Waals surface area contributed by atoms with Crippen molar-refractivity contribution in [1.29, 1.82) is 0 Å². The van der Waals surface area contributed by atoms with Crippen molar-refractivity contribution in [3.8, 4) is 0 Å². The number of aromatic nitrogens is 4. The zero-order valence-corrected chi connectivity index (χ0v) is 19.9. The van der Waals surface area contributed by atoms with E-state index in [9.17, 15) is 4.79 Å². The van der Waals surface area contributed by atoms with Crippen LogP contribution in [0.15, 0.2) is 36.7 Å². The summed E-state index contributed by atoms with van der Waals surface area (Å²) in [5.41, 5.74) is 4.33. The van der Waals surface area contributed by atoms with Gasteiger partial charge in [-0.3, -0.25) is 4.79 Å². The molecule has 3 aromatic rings. The highest BCUT2D eigenvalue weighted by Crippen LogP contribution is 2.28. The highest BCUT2D eigenvalue weighted by atomic mass is 16.5. The summed E-state index contributed by atoms with van der Waals surface area (Å²) in [6, 6.07) is 5.86. The Bertz CT molecular complexity index is 1210. The van der Waals surface area contributed by atoms with Gasteiger partial charge in [-0.2, -0.15) is 0 Å². The largest absolute Gasteiger partial charge is 0.377 e. The molecule has 0 spiro atoms. The first-order valence-corrected chi connectivity index (χ1v) is 11.5. The van der Waals surface area contributed by atoms with Crippen molar-refractivity contribution in [3.05, 3.63) is 47.9 Å². The summed E-state index contributed by atoms with van der Waals surface area (Å²) in [6.07, 6.45) is 6.35. The number of carbonyl (C=O) groups is 1. The monoisotopic (exact) mass is 462 g/mol. The zero-order valence-electron chi connectivity index (χ0n) is 19.9. The molecule has 0 unspecified atom stereocenters. The van der Waals surface area contributed by atoms with Gasteiger partial charge in [-0.05, 0) is 37.2 Å². The van der Waals surface area contributed by atoms with Crippen LogP contribution in [0, 0.1) is 0 Å². The number of carbonyl (C=O) groups excluding carboxylic acids is 1. The van der Waals surface area contributed by atoms with Crippen molar-refractivity contribution < 1.29 is 9.53 Å². The van der Waals surface area contributed by atoms with E-state index in [-0.39, 0.29) is 5.91 Å². The molecule has 3 aromatic heterocycles. The lowest BCUT2D eigenvalue weighted by atomic mass is 10.0. The van der Waals surface area contributed by atoms with E-state index in [1.165, 1.54) is 0 Å². The normalized spacial score (nSPS) is 17.0. The Morgan fingerprint density at radius 3 is 2.62 bits per heavy atom. The number of nitrogens with zero attached hydrogens (tertiary/aromatic N) is 7. The highest BCUT2D eigenvalue weighted by molar-refractivity contribution is 6.00. The molecule has 5 heterocycles. The third-order valence-corrected chi connectivity index (χ3v) is 6.28. The van der Waals surface area contributed by atoms with Gasteiger partial charge in [0.05, 0.1) is 48.1 Å². The molecule has 2 aliphatic heterocycles. The maximum absolute atomic E-state index is 12.9. The second kappa shape index (κ2) is 9.40. The molecule has 1 N–H and O–H groups in total. The van der Waals surface area contributed by atoms with Crippen LogP contribution >= 0.6 is 0 Å². The molecular weight excluding hydrogens is 432 g/mol. The summed E-state index contributed by atoms with van der Waals surface area (Å²) in [5.74, 6) is 1.02. The van der Waals surface area contributed by atoms with Crippen LogP contribution in [0.2, 0.25) is 0 Å². The summed E-state index contributed by atoms with van der Waals surface area (Å²) < 4.78 is 7.27. The lowest BCUT2D eigenvalue weighted by Crippen LogP contribution is -2.44. The summed E-state index contributed by atoms with van der Waals surface area (Å²) >= 11 is 0. The lowest BCUT2D eigenvalue weighted by Gasteiger charge is -2.33. The predicted octanol–water partition coefficient (Wildman–Crippen LogP) is 2.13. The molecule has 5 rings (SSSR count). The number of ether oxygens (including phenoxy) is 1. The standard InChI is InChI=1S/C24H30N8O2/c1-29(2)23(33)20-14-19-16-26-24(28-32(19)22(20)17-6-12-34-13-7-17)27-21-5-4-18(15-25-21)31-10-8-30(3)9-11-31/h4-6,14-16H,7-13H2,1-3H3,(H,25,27,28). The maximum atomic E-state index is 12.9. The van der Waals surface area contributed by atoms with Crippen LogP contribution in [0.5, 0.6) is 0 Å². The minimum Gasteiger partial charge on any atom is -0.377 e. The Morgan fingerprint density at radius 2 is 1.94 bits per heavy atom. The van der Waals surface area contributed by atoms with E-state index in [0.717, 1.165) is 55.1 Å². The van der Waals surface area contributed by atoms with Crippen molar-refractivity contribution in [1.82, 2.24) is 29.4 Å². The summed E-state index contributed by atoms with van der Waals surface area (Å²) in [7, 11) is 5.65. The van der Waals surface area contributed by atoms with E-state index in [4.69, 9.17) is 9.84 Å². The SMILES string of the molecule is CN1CCN(c2ccc(Nc3ncc4cc(C(=O)N(C)C)c(C5=CCOCC5)n4n3)nc2)CC1. The summed E-state index contributed by atoms with van der Waals surface area (Å²) in [6.45, 7) is 5.24. The van der Waals surface area contributed by atoms with Crippen molar-refractivity contribution in [2.24, 2.45) is 0 Å². The average molecular weight is 463 g/mol. The van der Waals surface area contributed by atoms with Crippen LogP contribution in [-0.4, -0.2) is 95.8 Å². The average Bonchev–Trinajstić information content (AvgIpc) is 3.24. The number of nitrogens with one attached hydrogen (secondary N) is 1. The van der Waals surface area contributed by atoms with Gasteiger partial charge in [0.1, 0.15) is 5.82 Å². The van der Waals surface area contributed by atoms with E-state index in [1.54, 1.807) is 29.7 Å². The van der Waals surface area contributed by atoms with Crippen molar-refractivity contribution in [2.45, 2.75) is 6.42 Å². The van der Waals surface area contributed by atoms with E-state index in [0.29, 0.717) is 30.5 Å². The molecule has 1 amide bonds. The molecule has 178 valence electrons. The van der Waals surface area contributed by atoms with Gasteiger partial charge in [0.25, 0.3) is 5.91 Å². The van der Waals surface area contributed by atoms with Crippen molar-refractivity contribution in [2.75, 3.05) is 70.8 Å². The molecule has 10 heteroatoms. The molecule has 1 fully saturated rings. The summed E-state index contributed by atoms with van der Waals surface area (Å²) in [4.78, 5) is 28.2. The lowest BCUT2D eigenvalue weighted by molar-refractivity contribution is 0.0827. The van der Waals surface area contributed by atoms with Gasteiger partial charge in [-0.25, -0.2) is 14.5 Å². The van der Waals surface area contributed by atoms with Crippen LogP contribution in [0.3, 0.4) is 0 Å². The highest BCUT2D eigenvalue weighted by Gasteiger charge is 2.23. The van der Waals surface area contributed by atoms with E-state index in [1.807, 2.05) is 24.4 Å². The minimum absolute atomic E-state index is 0.0661. The van der Waals surface area contributed by atoms with Gasteiger partial charge in [0.15, 0.2) is 0 Å². The van der Waals surface area contributed by atoms with Crippen molar-refractivity contribution >= 4 is 34.5 Å². The predicted molar refractivity (Wildman–Crippen MR) is 132 cm³/mol. The minimum atomic E-state index is -0.0661. The van der Waals surface area contributed by atoms with Crippen LogP contribution in [-0.2, 0) is 4.74 Å². The number of rotatable bonds is 5. The molecule has 0 aromatic carbocycles. The molecule has 0 saturated carbocycles. The number of anilines is 3. The first kappa shape index (κ1) is 22.3. The van der Waals surface area contributed by atoms with Gasteiger partial charge < -0.3 is 24.8 Å². The molecule has 0 aliphatic carbocycles. The number of amides is 1. The van der Waals surface area contributed by atoms with Gasteiger partial charge in [0.2, 0.25) is 5.95 Å². The van der Waals surface area contributed by atoms with Gasteiger partial charge in [0, 0.05) is 40.3 Å². The second-order valence-electron chi connectivity index (χ2n) is 8.90. The number of hydrogen-bond acceptors (Lipinski definition) is 8. The molecule has 2 aliphatic rings. The second-order valence-corrected chi connectivity index (χ2v) is 8.90. The molecule has 1 saturated heterocycles. The Hall–Kier alpha value is -3.50. The van der Waals surface area contributed by atoms with E-state index >= 15 is 0 Å². The van der Waals surface area contributed by atoms with Gasteiger partial charge in [-0.1, -0.05) is 6.08 Å². The maximum Gasteiger partial charge on any atom is 0.255 e. The Morgan fingerprint density at radius 1 is 1.12 bits per heavy atom. The number of pyridine rings is 1. The first-order valence-electron chi connectivity index (χ1n) is 11.5. The number of hydrogen-bond donors (Lipinski definition) is 1. The molecule has 0 bridgehead atoms. The number of fused-ring (bicyclic) bond motifs is 1. The van der Waals surface area contributed by atoms with Crippen LogP contribution in [0.4, 0.5) is 17.5 Å². The third kappa shape index (κ3) is 4.46. The third-order valence-electron chi connectivity index (χ3n) is 6.28. The molecule has 0 radical (unpaired) electrons. The Kier molecular flexibility index (Phi) is 6.16. The van der Waals surface area contributed by atoms with Gasteiger partial charge in [-0.15, -0.1) is 5.10 Å². The van der Waals surface area contributed by atoms with Gasteiger partial charge >= 0.3 is 0 Å². The molecule has 10 nitrogen and oxygen atoms in total. The molecule has 34 heavy (non-hydrogen) atoms. The fraction of sp³-hybridized carbons (Fsp3) is 0.417. The van der Waals surface area contributed by atoms with Crippen LogP contribution in [0.1, 0.15) is 22.5 Å².